The van der Waals surface area contributed by atoms with Gasteiger partial charge in [0.15, 0.2) is 0 Å². The number of aryl methyl sites for hydroxylation is 1. The van der Waals surface area contributed by atoms with E-state index in [-0.39, 0.29) is 22.9 Å². The molecule has 0 saturated carbocycles. The van der Waals surface area contributed by atoms with Crippen molar-refractivity contribution in [3.05, 3.63) is 63.2 Å². The Hall–Kier alpha value is -1.45. The van der Waals surface area contributed by atoms with Gasteiger partial charge in [-0.05, 0) is 90.9 Å². The van der Waals surface area contributed by atoms with Crippen LogP contribution in [0, 0.1) is 15.9 Å². The summed E-state index contributed by atoms with van der Waals surface area (Å²) in [4.78, 5) is 12.8. The van der Waals surface area contributed by atoms with E-state index >= 15 is 0 Å². The van der Waals surface area contributed by atoms with Crippen molar-refractivity contribution >= 4 is 38.7 Å². The number of halogens is 1. The van der Waals surface area contributed by atoms with Gasteiger partial charge in [0.05, 0.1) is 24.0 Å². The predicted octanol–water partition coefficient (Wildman–Crippen LogP) is 5.63. The third kappa shape index (κ3) is 7.02. The molecule has 0 aliphatic carbocycles. The Kier molecular flexibility index (Phi) is 8.69. The third-order valence-corrected chi connectivity index (χ3v) is 7.72. The zero-order valence-electron chi connectivity index (χ0n) is 18.8. The molecule has 2 rings (SSSR count). The maximum atomic E-state index is 12.7. The van der Waals surface area contributed by atoms with Crippen molar-refractivity contribution in [3.63, 3.8) is 0 Å². The average molecular weight is 558 g/mol. The van der Waals surface area contributed by atoms with Gasteiger partial charge in [0.2, 0.25) is 0 Å². The van der Waals surface area contributed by atoms with E-state index in [2.05, 4.69) is 36.4 Å². The zero-order chi connectivity index (χ0) is 23.3. The Morgan fingerprint density at radius 2 is 1.65 bits per heavy atom. The molecule has 2 aromatic rings. The highest BCUT2D eigenvalue weighted by molar-refractivity contribution is 14.1. The number of hydrogen-bond acceptors (Lipinski definition) is 5. The number of carbonyl (C=O) groups excluding carboxylic acids is 1. The van der Waals surface area contributed by atoms with Crippen LogP contribution in [0.1, 0.15) is 51.2 Å². The van der Waals surface area contributed by atoms with Crippen molar-refractivity contribution in [1.29, 1.82) is 0 Å². The van der Waals surface area contributed by atoms with Crippen LogP contribution in [-0.4, -0.2) is 28.1 Å². The SMILES string of the molecule is COC(=O)C(C)(CCC(C)(C)CCOS(=O)(=O)c1ccc(C)cc1)c1cccc(I)c1. The summed E-state index contributed by atoms with van der Waals surface area (Å²) in [6.07, 6.45) is 1.83. The number of benzene rings is 2. The second-order valence-corrected chi connectivity index (χ2v) is 11.7. The lowest BCUT2D eigenvalue weighted by atomic mass is 9.73. The fourth-order valence-electron chi connectivity index (χ4n) is 3.34. The first-order valence-corrected chi connectivity index (χ1v) is 12.7. The molecule has 1 atom stereocenters. The van der Waals surface area contributed by atoms with Gasteiger partial charge in [-0.2, -0.15) is 8.42 Å². The number of ether oxygens (including phenoxy) is 1. The predicted molar refractivity (Wildman–Crippen MR) is 130 cm³/mol. The van der Waals surface area contributed by atoms with Crippen molar-refractivity contribution in [2.24, 2.45) is 5.41 Å². The molecule has 0 amide bonds. The summed E-state index contributed by atoms with van der Waals surface area (Å²) in [5.41, 5.74) is 0.907. The summed E-state index contributed by atoms with van der Waals surface area (Å²) in [6, 6.07) is 14.5. The highest BCUT2D eigenvalue weighted by Gasteiger charge is 2.38. The van der Waals surface area contributed by atoms with Crippen LogP contribution in [0.2, 0.25) is 0 Å². The monoisotopic (exact) mass is 558 g/mol. The molecule has 0 aliphatic heterocycles. The molecule has 5 nitrogen and oxygen atoms in total. The Morgan fingerprint density at radius 1 is 1.00 bits per heavy atom. The van der Waals surface area contributed by atoms with Crippen LogP contribution >= 0.6 is 22.6 Å². The van der Waals surface area contributed by atoms with E-state index in [1.54, 1.807) is 24.3 Å². The molecule has 0 bridgehead atoms. The van der Waals surface area contributed by atoms with Crippen LogP contribution in [-0.2, 0) is 29.2 Å². The van der Waals surface area contributed by atoms with Gasteiger partial charge in [0.25, 0.3) is 10.1 Å². The fraction of sp³-hybridized carbons (Fsp3) is 0.458. The quantitative estimate of drug-likeness (QED) is 0.215. The molecular weight excluding hydrogens is 527 g/mol. The molecule has 0 spiro atoms. The maximum Gasteiger partial charge on any atom is 0.315 e. The number of hydrogen-bond donors (Lipinski definition) is 0. The molecule has 1 unspecified atom stereocenters. The smallest absolute Gasteiger partial charge is 0.315 e. The first-order chi connectivity index (χ1) is 14.4. The second kappa shape index (κ2) is 10.4. The second-order valence-electron chi connectivity index (χ2n) is 8.84. The van der Waals surface area contributed by atoms with Gasteiger partial charge in [-0.15, -0.1) is 0 Å². The number of carbonyl (C=O) groups is 1. The lowest BCUT2D eigenvalue weighted by Crippen LogP contribution is -2.35. The summed E-state index contributed by atoms with van der Waals surface area (Å²) >= 11 is 2.23. The Morgan fingerprint density at radius 3 is 2.23 bits per heavy atom. The fourth-order valence-corrected chi connectivity index (χ4v) is 4.79. The summed E-state index contributed by atoms with van der Waals surface area (Å²) in [5.74, 6) is -0.275. The van der Waals surface area contributed by atoms with E-state index in [0.717, 1.165) is 14.7 Å². The largest absolute Gasteiger partial charge is 0.468 e. The van der Waals surface area contributed by atoms with Crippen LogP contribution in [0.5, 0.6) is 0 Å². The number of esters is 1. The van der Waals surface area contributed by atoms with E-state index in [9.17, 15) is 13.2 Å². The average Bonchev–Trinajstić information content (AvgIpc) is 2.71. The van der Waals surface area contributed by atoms with Gasteiger partial charge in [0, 0.05) is 3.57 Å². The van der Waals surface area contributed by atoms with Crippen molar-refractivity contribution in [2.75, 3.05) is 13.7 Å². The first-order valence-electron chi connectivity index (χ1n) is 10.2. The summed E-state index contributed by atoms with van der Waals surface area (Å²) in [5, 5.41) is 0. The summed E-state index contributed by atoms with van der Waals surface area (Å²) in [6.45, 7) is 8.00. The Labute approximate surface area is 199 Å². The molecule has 0 N–H and O–H groups in total. The van der Waals surface area contributed by atoms with Crippen LogP contribution in [0.4, 0.5) is 0 Å². The summed E-state index contributed by atoms with van der Waals surface area (Å²) in [7, 11) is -2.38. The standard InChI is InChI=1S/C24H31IO5S/c1-18-9-11-21(12-10-18)31(27,28)30-16-15-23(2,3)13-14-24(4,22(26)29-5)19-7-6-8-20(25)17-19/h6-12,17H,13-16H2,1-5H3. The van der Waals surface area contributed by atoms with E-state index in [1.807, 2.05) is 38.1 Å². The van der Waals surface area contributed by atoms with Gasteiger partial charge in [0.1, 0.15) is 0 Å². The minimum atomic E-state index is -3.78. The Bertz CT molecular complexity index is 999. The minimum Gasteiger partial charge on any atom is -0.468 e. The van der Waals surface area contributed by atoms with Crippen molar-refractivity contribution in [3.8, 4) is 0 Å². The normalized spacial score (nSPS) is 14.1. The molecule has 2 aromatic carbocycles. The van der Waals surface area contributed by atoms with E-state index in [4.69, 9.17) is 8.92 Å². The molecule has 0 radical (unpaired) electrons. The highest BCUT2D eigenvalue weighted by Crippen LogP contribution is 2.37. The molecule has 0 saturated heterocycles. The molecule has 31 heavy (non-hydrogen) atoms. The number of rotatable bonds is 10. The van der Waals surface area contributed by atoms with Crippen LogP contribution in [0.25, 0.3) is 0 Å². The van der Waals surface area contributed by atoms with Gasteiger partial charge in [-0.1, -0.05) is 43.7 Å². The molecular formula is C24H31IO5S. The first kappa shape index (κ1) is 25.8. The lowest BCUT2D eigenvalue weighted by Gasteiger charge is -2.32. The Balaban J connectivity index is 2.03. The van der Waals surface area contributed by atoms with Crippen LogP contribution in [0.15, 0.2) is 53.4 Å². The van der Waals surface area contributed by atoms with Crippen molar-refractivity contribution in [1.82, 2.24) is 0 Å². The molecule has 0 aromatic heterocycles. The van der Waals surface area contributed by atoms with Gasteiger partial charge in [-0.3, -0.25) is 8.98 Å². The minimum absolute atomic E-state index is 0.0847. The zero-order valence-corrected chi connectivity index (χ0v) is 21.7. The number of methoxy groups -OCH3 is 1. The highest BCUT2D eigenvalue weighted by atomic mass is 127. The molecule has 0 heterocycles. The summed E-state index contributed by atoms with van der Waals surface area (Å²) < 4.78 is 36.3. The van der Waals surface area contributed by atoms with Gasteiger partial charge in [-0.25, -0.2) is 0 Å². The van der Waals surface area contributed by atoms with Gasteiger partial charge >= 0.3 is 5.97 Å². The van der Waals surface area contributed by atoms with E-state index < -0.39 is 15.5 Å². The maximum absolute atomic E-state index is 12.7. The van der Waals surface area contributed by atoms with E-state index in [1.165, 1.54) is 7.11 Å². The molecule has 0 fully saturated rings. The molecule has 170 valence electrons. The van der Waals surface area contributed by atoms with Crippen molar-refractivity contribution < 1.29 is 22.1 Å². The molecule has 7 heteroatoms. The third-order valence-electron chi connectivity index (χ3n) is 5.73. The van der Waals surface area contributed by atoms with Gasteiger partial charge < -0.3 is 4.74 Å². The van der Waals surface area contributed by atoms with E-state index in [0.29, 0.717) is 19.3 Å². The van der Waals surface area contributed by atoms with Crippen molar-refractivity contribution in [2.45, 2.75) is 57.3 Å². The molecule has 0 aliphatic rings. The lowest BCUT2D eigenvalue weighted by molar-refractivity contribution is -0.147. The van der Waals surface area contributed by atoms with Crippen LogP contribution < -0.4 is 0 Å². The van der Waals surface area contributed by atoms with Crippen LogP contribution in [0.3, 0.4) is 0 Å². The topological polar surface area (TPSA) is 69.7 Å².